The van der Waals surface area contributed by atoms with Gasteiger partial charge in [0, 0.05) is 22.3 Å². The highest BCUT2D eigenvalue weighted by Gasteiger charge is 2.38. The van der Waals surface area contributed by atoms with Crippen LogP contribution in [0.1, 0.15) is 70.7 Å². The van der Waals surface area contributed by atoms with Gasteiger partial charge in [-0.25, -0.2) is 0 Å². The maximum absolute atomic E-state index is 2.59. The number of aryl methyl sites for hydroxylation is 1. The Hall–Kier alpha value is -3.32. The Balaban J connectivity index is 1.73. The van der Waals surface area contributed by atoms with Crippen LogP contribution >= 0.6 is 0 Å². The summed E-state index contributed by atoms with van der Waals surface area (Å²) in [5.41, 5.74) is 13.7. The summed E-state index contributed by atoms with van der Waals surface area (Å²) < 4.78 is 0. The highest BCUT2D eigenvalue weighted by Crippen LogP contribution is 2.53. The van der Waals surface area contributed by atoms with Gasteiger partial charge in [-0.15, -0.1) is 0 Å². The predicted octanol–water partition coefficient (Wildman–Crippen LogP) is 9.72. The summed E-state index contributed by atoms with van der Waals surface area (Å²) in [6.45, 7) is 16.3. The van der Waals surface area contributed by atoms with E-state index >= 15 is 0 Å². The number of rotatable bonds is 5. The minimum absolute atomic E-state index is 0.0207. The van der Waals surface area contributed by atoms with Gasteiger partial charge in [-0.3, -0.25) is 0 Å². The fraction of sp³-hybridized carbons (Fsp3) is 0.314. The zero-order chi connectivity index (χ0) is 25.7. The van der Waals surface area contributed by atoms with E-state index in [9.17, 15) is 0 Å². The molecule has 0 heterocycles. The largest absolute Gasteiger partial charge is 0.336 e. The molecule has 0 bridgehead atoms. The van der Waals surface area contributed by atoms with Gasteiger partial charge < -0.3 is 4.90 Å². The maximum atomic E-state index is 2.59. The van der Waals surface area contributed by atoms with Crippen molar-refractivity contribution in [2.24, 2.45) is 0 Å². The molecule has 0 N–H and O–H groups in total. The first-order chi connectivity index (χ1) is 17.2. The smallest absolute Gasteiger partial charge is 0.0454 e. The Morgan fingerprint density at radius 3 is 2.00 bits per heavy atom. The fourth-order valence-electron chi connectivity index (χ4n) is 6.17. The van der Waals surface area contributed by atoms with Crippen LogP contribution in [0.4, 0.5) is 11.4 Å². The van der Waals surface area contributed by atoms with Crippen molar-refractivity contribution in [3.8, 4) is 22.3 Å². The summed E-state index contributed by atoms with van der Waals surface area (Å²) in [4.78, 5) is 2.59. The molecule has 0 aliphatic heterocycles. The molecule has 0 saturated heterocycles. The molecule has 1 nitrogen and oxygen atoms in total. The fourth-order valence-corrected chi connectivity index (χ4v) is 6.17. The Bertz CT molecular complexity index is 1400. The Kier molecular flexibility index (Phi) is 6.07. The molecule has 0 unspecified atom stereocenters. The van der Waals surface area contributed by atoms with Gasteiger partial charge >= 0.3 is 0 Å². The van der Waals surface area contributed by atoms with Gasteiger partial charge in [-0.05, 0) is 96.3 Å². The lowest BCUT2D eigenvalue weighted by Crippen LogP contribution is -2.39. The summed E-state index contributed by atoms with van der Waals surface area (Å²) in [5, 5.41) is 0. The van der Waals surface area contributed by atoms with Gasteiger partial charge in [-0.1, -0.05) is 94.4 Å². The lowest BCUT2D eigenvalue weighted by Gasteiger charge is -2.41. The van der Waals surface area contributed by atoms with Crippen LogP contribution in [0.2, 0.25) is 0 Å². The van der Waals surface area contributed by atoms with Crippen molar-refractivity contribution in [1.29, 1.82) is 0 Å². The Morgan fingerprint density at radius 1 is 0.667 bits per heavy atom. The topological polar surface area (TPSA) is 3.24 Å². The summed E-state index contributed by atoms with van der Waals surface area (Å²) in [7, 11) is 0. The first-order valence-electron chi connectivity index (χ1n) is 13.4. The van der Waals surface area contributed by atoms with Crippen molar-refractivity contribution in [1.82, 2.24) is 0 Å². The summed E-state index contributed by atoms with van der Waals surface area (Å²) in [6, 6.07) is 31.5. The van der Waals surface area contributed by atoms with E-state index in [0.29, 0.717) is 0 Å². The van der Waals surface area contributed by atoms with Crippen LogP contribution in [0, 0.1) is 0 Å². The van der Waals surface area contributed by atoms with Crippen LogP contribution in [0.15, 0.2) is 84.9 Å². The molecule has 0 radical (unpaired) electrons. The van der Waals surface area contributed by atoms with Crippen molar-refractivity contribution < 1.29 is 0 Å². The van der Waals surface area contributed by atoms with E-state index in [1.807, 2.05) is 0 Å². The van der Waals surface area contributed by atoms with E-state index in [2.05, 4.69) is 138 Å². The zero-order valence-electron chi connectivity index (χ0n) is 22.9. The van der Waals surface area contributed by atoms with Crippen molar-refractivity contribution in [2.75, 3.05) is 4.90 Å². The number of hydrogen-bond acceptors (Lipinski definition) is 1. The molecule has 0 saturated carbocycles. The summed E-state index contributed by atoms with van der Waals surface area (Å²) in [6.07, 6.45) is 1.99. The van der Waals surface area contributed by atoms with Crippen molar-refractivity contribution in [2.45, 2.75) is 72.3 Å². The molecule has 0 atom stereocenters. The lowest BCUT2D eigenvalue weighted by atomic mass is 9.81. The van der Waals surface area contributed by atoms with Crippen LogP contribution in [-0.4, -0.2) is 5.54 Å². The number of anilines is 2. The SMILES string of the molecule is CCc1cc(-c2ccccc2)ccc1N(c1ccc2c(c1CC)-c1ccccc1C2(C)C)C(C)(C)C. The van der Waals surface area contributed by atoms with Gasteiger partial charge in [0.15, 0.2) is 0 Å². The second-order valence-corrected chi connectivity index (χ2v) is 11.6. The minimum Gasteiger partial charge on any atom is -0.336 e. The van der Waals surface area contributed by atoms with E-state index in [1.165, 1.54) is 55.9 Å². The molecule has 0 amide bonds. The first kappa shape index (κ1) is 24.4. The second-order valence-electron chi connectivity index (χ2n) is 11.6. The molecule has 4 aromatic carbocycles. The van der Waals surface area contributed by atoms with Crippen molar-refractivity contribution >= 4 is 11.4 Å². The zero-order valence-corrected chi connectivity index (χ0v) is 22.9. The number of benzene rings is 4. The maximum Gasteiger partial charge on any atom is 0.0454 e. The van der Waals surface area contributed by atoms with Gasteiger partial charge in [0.05, 0.1) is 0 Å². The van der Waals surface area contributed by atoms with Gasteiger partial charge in [0.1, 0.15) is 0 Å². The van der Waals surface area contributed by atoms with Crippen LogP contribution in [-0.2, 0) is 18.3 Å². The van der Waals surface area contributed by atoms with Gasteiger partial charge in [0.2, 0.25) is 0 Å². The highest BCUT2D eigenvalue weighted by molar-refractivity contribution is 5.88. The average Bonchev–Trinajstić information content (AvgIpc) is 3.11. The van der Waals surface area contributed by atoms with E-state index in [4.69, 9.17) is 0 Å². The molecule has 0 aromatic heterocycles. The number of hydrogen-bond donors (Lipinski definition) is 0. The molecule has 1 heteroatoms. The quantitative estimate of drug-likeness (QED) is 0.279. The van der Waals surface area contributed by atoms with Crippen LogP contribution in [0.5, 0.6) is 0 Å². The van der Waals surface area contributed by atoms with Crippen molar-refractivity contribution in [3.63, 3.8) is 0 Å². The molecule has 1 aliphatic carbocycles. The molecule has 5 rings (SSSR count). The second kappa shape index (κ2) is 8.96. The Morgan fingerprint density at radius 2 is 1.33 bits per heavy atom. The predicted molar refractivity (Wildman–Crippen MR) is 157 cm³/mol. The summed E-state index contributed by atoms with van der Waals surface area (Å²) in [5.74, 6) is 0. The third-order valence-corrected chi connectivity index (χ3v) is 7.90. The van der Waals surface area contributed by atoms with E-state index < -0.39 is 0 Å². The van der Waals surface area contributed by atoms with E-state index in [0.717, 1.165) is 12.8 Å². The molecule has 184 valence electrons. The van der Waals surface area contributed by atoms with Crippen molar-refractivity contribution in [3.05, 3.63) is 107 Å². The third-order valence-electron chi connectivity index (χ3n) is 7.90. The van der Waals surface area contributed by atoms with Gasteiger partial charge in [-0.2, -0.15) is 0 Å². The van der Waals surface area contributed by atoms with Crippen LogP contribution in [0.25, 0.3) is 22.3 Å². The normalized spacial score (nSPS) is 13.9. The van der Waals surface area contributed by atoms with Gasteiger partial charge in [0.25, 0.3) is 0 Å². The Labute approximate surface area is 217 Å². The monoisotopic (exact) mass is 473 g/mol. The number of nitrogens with zero attached hydrogens (tertiary/aromatic N) is 1. The van der Waals surface area contributed by atoms with Crippen LogP contribution in [0.3, 0.4) is 0 Å². The van der Waals surface area contributed by atoms with Crippen LogP contribution < -0.4 is 4.90 Å². The molecule has 1 aliphatic rings. The molecule has 36 heavy (non-hydrogen) atoms. The molecular formula is C35H39N. The van der Waals surface area contributed by atoms with E-state index in [-0.39, 0.29) is 11.0 Å². The minimum atomic E-state index is -0.0794. The highest BCUT2D eigenvalue weighted by atomic mass is 15.2. The number of fused-ring (bicyclic) bond motifs is 3. The molecule has 4 aromatic rings. The van der Waals surface area contributed by atoms with E-state index in [1.54, 1.807) is 0 Å². The molecule has 0 fully saturated rings. The molecule has 0 spiro atoms. The third kappa shape index (κ3) is 3.86. The first-order valence-corrected chi connectivity index (χ1v) is 13.4. The standard InChI is InChI=1S/C35H39N/c1-8-24-23-26(25-15-11-10-12-16-25)19-21-31(24)36(34(3,4)5)32-22-20-30-33(27(32)9-2)28-17-13-14-18-29(28)35(30,6)7/h10-23H,8-9H2,1-7H3. The lowest BCUT2D eigenvalue weighted by molar-refractivity contribution is 0.557. The molecular weight excluding hydrogens is 434 g/mol. The average molecular weight is 474 g/mol. The summed E-state index contributed by atoms with van der Waals surface area (Å²) >= 11 is 0.